The van der Waals surface area contributed by atoms with Crippen molar-refractivity contribution in [3.05, 3.63) is 35.9 Å². The van der Waals surface area contributed by atoms with Gasteiger partial charge in [0.25, 0.3) is 5.91 Å². The third-order valence-corrected chi connectivity index (χ3v) is 6.36. The molecule has 0 aliphatic carbocycles. The molecule has 29 heavy (non-hydrogen) atoms. The summed E-state index contributed by atoms with van der Waals surface area (Å²) >= 11 is 1.51. The largest absolute Gasteiger partial charge is 0.494 e. The summed E-state index contributed by atoms with van der Waals surface area (Å²) in [5.41, 5.74) is 1.90. The summed E-state index contributed by atoms with van der Waals surface area (Å²) in [5.74, 6) is 0.960. The molecular weight excluding hydrogens is 390 g/mol. The zero-order chi connectivity index (χ0) is 20.4. The molecule has 1 aromatic carbocycles. The Bertz CT molecular complexity index is 1010. The van der Waals surface area contributed by atoms with E-state index in [0.29, 0.717) is 23.3 Å². The molecule has 0 N–H and O–H groups in total. The van der Waals surface area contributed by atoms with E-state index in [1.807, 2.05) is 26.1 Å². The van der Waals surface area contributed by atoms with Gasteiger partial charge in [0, 0.05) is 45.6 Å². The van der Waals surface area contributed by atoms with Gasteiger partial charge in [-0.1, -0.05) is 17.4 Å². The lowest BCUT2D eigenvalue weighted by molar-refractivity contribution is 0.0390. The monoisotopic (exact) mass is 415 g/mol. The number of thiazole rings is 1. The van der Waals surface area contributed by atoms with Gasteiger partial charge in [-0.2, -0.15) is 0 Å². The molecule has 0 atom stereocenters. The highest BCUT2D eigenvalue weighted by Crippen LogP contribution is 2.36. The van der Waals surface area contributed by atoms with E-state index in [1.165, 1.54) is 11.3 Å². The molecule has 9 heteroatoms. The first-order chi connectivity index (χ1) is 14.1. The van der Waals surface area contributed by atoms with E-state index >= 15 is 0 Å². The number of hydrogen-bond donors (Lipinski definition) is 0. The number of carbonyl (C=O) groups excluding carboxylic acids is 1. The van der Waals surface area contributed by atoms with E-state index in [4.69, 9.17) is 14.5 Å². The molecule has 1 fully saturated rings. The molecule has 154 valence electrons. The molecule has 0 unspecified atom stereocenters. The maximum atomic E-state index is 13.4. The van der Waals surface area contributed by atoms with Gasteiger partial charge in [-0.3, -0.25) is 14.6 Å². The highest BCUT2D eigenvalue weighted by atomic mass is 32.1. The average Bonchev–Trinajstić information content (AvgIpc) is 3.36. The summed E-state index contributed by atoms with van der Waals surface area (Å²) in [6, 6.07) is 3.93. The molecule has 0 bridgehead atoms. The van der Waals surface area contributed by atoms with Gasteiger partial charge in [-0.25, -0.2) is 9.97 Å². The van der Waals surface area contributed by atoms with E-state index in [-0.39, 0.29) is 5.91 Å². The van der Waals surface area contributed by atoms with Crippen LogP contribution < -0.4 is 9.64 Å². The summed E-state index contributed by atoms with van der Waals surface area (Å²) in [7, 11) is 3.46. The van der Waals surface area contributed by atoms with Crippen molar-refractivity contribution in [3.63, 3.8) is 0 Å². The molecule has 1 saturated heterocycles. The van der Waals surface area contributed by atoms with Crippen LogP contribution in [0.15, 0.2) is 24.5 Å². The third-order valence-electron chi connectivity index (χ3n) is 5.14. The third kappa shape index (κ3) is 3.98. The Morgan fingerprint density at radius 2 is 2.14 bits per heavy atom. The number of aryl methyl sites for hydroxylation is 2. The number of hydrogen-bond acceptors (Lipinski definition) is 7. The quantitative estimate of drug-likeness (QED) is 0.615. The molecule has 1 amide bonds. The highest BCUT2D eigenvalue weighted by Gasteiger charge is 2.26. The molecule has 1 aliphatic heterocycles. The lowest BCUT2D eigenvalue weighted by Crippen LogP contribution is -2.43. The number of fused-ring (bicyclic) bond motifs is 1. The number of anilines is 1. The second-order valence-corrected chi connectivity index (χ2v) is 8.01. The van der Waals surface area contributed by atoms with Crippen molar-refractivity contribution < 1.29 is 14.3 Å². The first kappa shape index (κ1) is 19.8. The van der Waals surface area contributed by atoms with Gasteiger partial charge in [-0.05, 0) is 18.6 Å². The lowest BCUT2D eigenvalue weighted by Gasteiger charge is -2.29. The van der Waals surface area contributed by atoms with Gasteiger partial charge in [0.15, 0.2) is 11.0 Å². The van der Waals surface area contributed by atoms with Gasteiger partial charge in [0.1, 0.15) is 11.3 Å². The Balaban J connectivity index is 1.69. The molecule has 3 heterocycles. The van der Waals surface area contributed by atoms with E-state index in [1.54, 1.807) is 29.0 Å². The second kappa shape index (κ2) is 8.48. The van der Waals surface area contributed by atoms with Crippen LogP contribution in [0, 0.1) is 6.92 Å². The minimum Gasteiger partial charge on any atom is -0.494 e. The van der Waals surface area contributed by atoms with Crippen molar-refractivity contribution in [2.24, 2.45) is 7.05 Å². The van der Waals surface area contributed by atoms with Gasteiger partial charge in [0.05, 0.1) is 25.0 Å². The maximum Gasteiger partial charge on any atom is 0.296 e. The van der Waals surface area contributed by atoms with Gasteiger partial charge >= 0.3 is 0 Å². The van der Waals surface area contributed by atoms with Crippen molar-refractivity contribution >= 4 is 32.6 Å². The Kier molecular flexibility index (Phi) is 5.79. The van der Waals surface area contributed by atoms with Crippen LogP contribution in [-0.2, 0) is 11.8 Å². The van der Waals surface area contributed by atoms with Gasteiger partial charge in [0.2, 0.25) is 0 Å². The zero-order valence-corrected chi connectivity index (χ0v) is 17.7. The predicted octanol–water partition coefficient (Wildman–Crippen LogP) is 2.33. The Hall–Kier alpha value is -2.49. The molecular formula is C20H25N5O3S. The van der Waals surface area contributed by atoms with Gasteiger partial charge in [-0.15, -0.1) is 0 Å². The van der Waals surface area contributed by atoms with Crippen molar-refractivity contribution in [3.8, 4) is 5.75 Å². The summed E-state index contributed by atoms with van der Waals surface area (Å²) in [4.78, 5) is 26.4. The zero-order valence-electron chi connectivity index (χ0n) is 16.9. The molecule has 8 nitrogen and oxygen atoms in total. The summed E-state index contributed by atoms with van der Waals surface area (Å²) in [6.07, 6.45) is 3.41. The number of carbonyl (C=O) groups is 1. The lowest BCUT2D eigenvalue weighted by atomic mass is 10.2. The Morgan fingerprint density at radius 1 is 1.34 bits per heavy atom. The molecule has 0 spiro atoms. The number of morpholine rings is 1. The maximum absolute atomic E-state index is 13.4. The fourth-order valence-corrected chi connectivity index (χ4v) is 4.50. The number of aromatic nitrogens is 3. The molecule has 0 saturated carbocycles. The second-order valence-electron chi connectivity index (χ2n) is 7.03. The SMILES string of the molecule is COc1ccc(C)c2sc(N(CCN3CCOCC3)C(=O)c3nccn3C)nc12. The fraction of sp³-hybridized carbons (Fsp3) is 0.450. The van der Waals surface area contributed by atoms with E-state index < -0.39 is 0 Å². The number of ether oxygens (including phenoxy) is 2. The van der Waals surface area contributed by atoms with E-state index in [2.05, 4.69) is 9.88 Å². The first-order valence-electron chi connectivity index (χ1n) is 9.62. The van der Waals surface area contributed by atoms with Crippen LogP contribution in [0.4, 0.5) is 5.13 Å². The van der Waals surface area contributed by atoms with E-state index in [9.17, 15) is 4.79 Å². The normalized spacial score (nSPS) is 15.0. The molecule has 2 aromatic heterocycles. The predicted molar refractivity (Wildman–Crippen MR) is 113 cm³/mol. The van der Waals surface area contributed by atoms with Crippen molar-refractivity contribution in [2.75, 3.05) is 51.4 Å². The molecule has 0 radical (unpaired) electrons. The number of nitrogens with zero attached hydrogens (tertiary/aromatic N) is 5. The minimum atomic E-state index is -0.151. The van der Waals surface area contributed by atoms with Crippen LogP contribution in [0.1, 0.15) is 16.2 Å². The van der Waals surface area contributed by atoms with Crippen molar-refractivity contribution in [1.29, 1.82) is 0 Å². The highest BCUT2D eigenvalue weighted by molar-refractivity contribution is 7.22. The molecule has 3 aromatic rings. The number of rotatable bonds is 6. The van der Waals surface area contributed by atoms with Crippen LogP contribution >= 0.6 is 11.3 Å². The Morgan fingerprint density at radius 3 is 2.83 bits per heavy atom. The van der Waals surface area contributed by atoms with Crippen LogP contribution in [0.2, 0.25) is 0 Å². The summed E-state index contributed by atoms with van der Waals surface area (Å²) in [6.45, 7) is 6.53. The number of methoxy groups -OCH3 is 1. The fourth-order valence-electron chi connectivity index (χ4n) is 3.42. The first-order valence-corrected chi connectivity index (χ1v) is 10.4. The van der Waals surface area contributed by atoms with Gasteiger partial charge < -0.3 is 14.0 Å². The van der Waals surface area contributed by atoms with Crippen LogP contribution in [0.3, 0.4) is 0 Å². The minimum absolute atomic E-state index is 0.151. The van der Waals surface area contributed by atoms with Crippen molar-refractivity contribution in [1.82, 2.24) is 19.4 Å². The standard InChI is InChI=1S/C20H25N5O3S/c1-14-4-5-15(27-3)16-17(14)29-20(22-16)25(9-8-24-10-12-28-13-11-24)19(26)18-21-6-7-23(18)2/h4-7H,8-13H2,1-3H3. The Labute approximate surface area is 173 Å². The average molecular weight is 416 g/mol. The van der Waals surface area contributed by atoms with Crippen LogP contribution in [0.5, 0.6) is 5.75 Å². The number of benzene rings is 1. The number of amides is 1. The molecule has 4 rings (SSSR count). The topological polar surface area (TPSA) is 72.7 Å². The summed E-state index contributed by atoms with van der Waals surface area (Å²) < 4.78 is 13.7. The van der Waals surface area contributed by atoms with Crippen LogP contribution in [0.25, 0.3) is 10.2 Å². The molecule has 1 aliphatic rings. The van der Waals surface area contributed by atoms with Crippen LogP contribution in [-0.4, -0.2) is 71.8 Å². The number of imidazole rings is 1. The summed E-state index contributed by atoms with van der Waals surface area (Å²) in [5, 5.41) is 0.661. The van der Waals surface area contributed by atoms with Crippen molar-refractivity contribution in [2.45, 2.75) is 6.92 Å². The smallest absolute Gasteiger partial charge is 0.296 e. The van der Waals surface area contributed by atoms with E-state index in [0.717, 1.165) is 48.6 Å².